The molecule has 152 valence electrons. The predicted octanol–water partition coefficient (Wildman–Crippen LogP) is 3.89. The van der Waals surface area contributed by atoms with E-state index in [2.05, 4.69) is 9.55 Å². The van der Waals surface area contributed by atoms with Crippen molar-refractivity contribution < 1.29 is 14.3 Å². The van der Waals surface area contributed by atoms with Crippen molar-refractivity contribution in [3.05, 3.63) is 78.5 Å². The average molecular weight is 402 g/mol. The quantitative estimate of drug-likeness (QED) is 0.347. The minimum atomic E-state index is -0.468. The van der Waals surface area contributed by atoms with Crippen molar-refractivity contribution in [2.75, 3.05) is 11.5 Å². The number of hydrogen-bond acceptors (Lipinski definition) is 4. The molecule has 0 spiro atoms. The second kappa shape index (κ2) is 8.24. The van der Waals surface area contributed by atoms with Gasteiger partial charge in [0, 0.05) is 31.0 Å². The van der Waals surface area contributed by atoms with Crippen LogP contribution in [0.4, 0.5) is 11.4 Å². The molecule has 0 unspecified atom stereocenters. The highest BCUT2D eigenvalue weighted by Gasteiger charge is 2.24. The maximum Gasteiger partial charge on any atom is 0.357 e. The Morgan fingerprint density at radius 2 is 1.93 bits per heavy atom. The molecule has 0 saturated carbocycles. The van der Waals surface area contributed by atoms with Gasteiger partial charge in [-0.15, -0.1) is 0 Å². The van der Waals surface area contributed by atoms with E-state index in [0.717, 1.165) is 23.0 Å². The fourth-order valence-corrected chi connectivity index (χ4v) is 3.62. The predicted molar refractivity (Wildman–Crippen MR) is 115 cm³/mol. The number of aromatic nitrogens is 3. The Hall–Kier alpha value is -3.87. The maximum atomic E-state index is 12.5. The Bertz CT molecular complexity index is 1190. The van der Waals surface area contributed by atoms with E-state index in [1.807, 2.05) is 48.7 Å². The topological polar surface area (TPSA) is 69.4 Å². The Balaban J connectivity index is 1.83. The summed E-state index contributed by atoms with van der Waals surface area (Å²) in [7, 11) is 1.75. The van der Waals surface area contributed by atoms with Crippen LogP contribution in [0.25, 0.3) is 10.9 Å². The van der Waals surface area contributed by atoms with Crippen LogP contribution in [-0.4, -0.2) is 33.1 Å². The summed E-state index contributed by atoms with van der Waals surface area (Å²) >= 11 is 0. The Labute approximate surface area is 174 Å². The normalized spacial score (nSPS) is 10.9. The molecule has 7 heteroatoms. The molecule has 0 atom stereocenters. The molecule has 0 saturated heterocycles. The lowest BCUT2D eigenvalue weighted by atomic mass is 10.2. The number of para-hydroxylation sites is 1. The third-order valence-electron chi connectivity index (χ3n) is 4.97. The van der Waals surface area contributed by atoms with Gasteiger partial charge in [0.1, 0.15) is 0 Å². The lowest BCUT2D eigenvalue weighted by Gasteiger charge is -2.17. The van der Waals surface area contributed by atoms with Crippen LogP contribution in [0.1, 0.15) is 23.1 Å². The van der Waals surface area contributed by atoms with E-state index in [4.69, 9.17) is 4.74 Å². The molecule has 0 fully saturated rings. The van der Waals surface area contributed by atoms with Crippen LogP contribution in [0.2, 0.25) is 0 Å². The molecule has 0 radical (unpaired) electrons. The van der Waals surface area contributed by atoms with Crippen molar-refractivity contribution in [1.29, 1.82) is 0 Å². The molecule has 0 aliphatic carbocycles. The summed E-state index contributed by atoms with van der Waals surface area (Å²) in [6.07, 6.45) is 6.14. The van der Waals surface area contributed by atoms with E-state index in [9.17, 15) is 9.59 Å². The van der Waals surface area contributed by atoms with Crippen LogP contribution >= 0.6 is 0 Å². The first-order valence-electron chi connectivity index (χ1n) is 9.68. The van der Waals surface area contributed by atoms with E-state index in [1.165, 1.54) is 4.90 Å². The van der Waals surface area contributed by atoms with Gasteiger partial charge in [-0.1, -0.05) is 24.3 Å². The second-order valence-corrected chi connectivity index (χ2v) is 6.84. The van der Waals surface area contributed by atoms with Gasteiger partial charge in [-0.3, -0.25) is 14.7 Å². The number of pyridine rings is 1. The average Bonchev–Trinajstić information content (AvgIpc) is 3.31. The molecule has 4 aromatic rings. The number of esters is 1. The molecule has 0 aliphatic rings. The molecule has 3 heterocycles. The molecule has 3 aromatic heterocycles. The molecule has 0 aliphatic heterocycles. The largest absolute Gasteiger partial charge is 0.461 e. The summed E-state index contributed by atoms with van der Waals surface area (Å²) in [5.74, 6) is -0.468. The fourth-order valence-electron chi connectivity index (χ4n) is 3.62. The van der Waals surface area contributed by atoms with Gasteiger partial charge < -0.3 is 13.9 Å². The highest BCUT2D eigenvalue weighted by molar-refractivity contribution is 6.06. The first-order valence-corrected chi connectivity index (χ1v) is 9.68. The summed E-state index contributed by atoms with van der Waals surface area (Å²) in [6, 6.07) is 15.4. The molecule has 1 amide bonds. The summed E-state index contributed by atoms with van der Waals surface area (Å²) in [5.41, 5.74) is 3.37. The minimum absolute atomic E-state index is 0.258. The van der Waals surface area contributed by atoms with Gasteiger partial charge in [-0.25, -0.2) is 4.79 Å². The molecule has 7 nitrogen and oxygen atoms in total. The van der Waals surface area contributed by atoms with E-state index >= 15 is 0 Å². The lowest BCUT2D eigenvalue weighted by Crippen LogP contribution is -2.19. The number of rotatable bonds is 7. The standard InChI is InChI=1S/C23H22N4O3/c1-3-30-23(29)22-20(11-13-25(22)2)27(16-28)21-15-26(14-17-8-6-7-12-24-17)19-10-5-4-9-18(19)21/h4-13,15-16H,3,14H2,1-2H3. The minimum Gasteiger partial charge on any atom is -0.461 e. The number of carbonyl (C=O) groups excluding carboxylic acids is 2. The SMILES string of the molecule is CCOC(=O)c1c(N(C=O)c2cn(Cc3ccccn3)c3ccccc23)ccn1C. The third kappa shape index (κ3) is 3.45. The first-order chi connectivity index (χ1) is 14.6. The molecule has 4 rings (SSSR count). The van der Waals surface area contributed by atoms with Crippen molar-refractivity contribution in [3.63, 3.8) is 0 Å². The molecular formula is C23H22N4O3. The number of hydrogen-bond donors (Lipinski definition) is 0. The van der Waals surface area contributed by atoms with E-state index < -0.39 is 5.97 Å². The van der Waals surface area contributed by atoms with Gasteiger partial charge in [-0.2, -0.15) is 0 Å². The molecule has 0 N–H and O–H groups in total. The number of aryl methyl sites for hydroxylation is 1. The number of fused-ring (bicyclic) bond motifs is 1. The van der Waals surface area contributed by atoms with E-state index in [0.29, 0.717) is 23.6 Å². The summed E-state index contributed by atoms with van der Waals surface area (Å²) in [6.45, 7) is 2.57. The Morgan fingerprint density at radius 1 is 1.13 bits per heavy atom. The summed E-state index contributed by atoms with van der Waals surface area (Å²) < 4.78 is 8.91. The fraction of sp³-hybridized carbons (Fsp3) is 0.174. The molecule has 30 heavy (non-hydrogen) atoms. The Morgan fingerprint density at radius 3 is 2.67 bits per heavy atom. The lowest BCUT2D eigenvalue weighted by molar-refractivity contribution is -0.106. The monoisotopic (exact) mass is 402 g/mol. The Kier molecular flexibility index (Phi) is 5.34. The van der Waals surface area contributed by atoms with Crippen molar-refractivity contribution in [2.24, 2.45) is 7.05 Å². The van der Waals surface area contributed by atoms with Gasteiger partial charge in [0.05, 0.1) is 35.7 Å². The number of ether oxygens (including phenoxy) is 1. The number of nitrogens with zero attached hydrogens (tertiary/aromatic N) is 4. The van der Waals surface area contributed by atoms with Crippen LogP contribution in [0.5, 0.6) is 0 Å². The second-order valence-electron chi connectivity index (χ2n) is 6.84. The molecule has 0 bridgehead atoms. The van der Waals surface area contributed by atoms with Crippen LogP contribution in [0, 0.1) is 0 Å². The van der Waals surface area contributed by atoms with Gasteiger partial charge in [0.25, 0.3) is 0 Å². The van der Waals surface area contributed by atoms with E-state index in [-0.39, 0.29) is 6.61 Å². The summed E-state index contributed by atoms with van der Waals surface area (Å²) in [5, 5.41) is 0.902. The number of amides is 1. The highest BCUT2D eigenvalue weighted by Crippen LogP contribution is 2.35. The number of benzene rings is 1. The smallest absolute Gasteiger partial charge is 0.357 e. The maximum absolute atomic E-state index is 12.5. The van der Waals surface area contributed by atoms with Crippen molar-refractivity contribution >= 4 is 34.7 Å². The number of carbonyl (C=O) groups is 2. The van der Waals surface area contributed by atoms with Crippen molar-refractivity contribution in [2.45, 2.75) is 13.5 Å². The third-order valence-corrected chi connectivity index (χ3v) is 4.97. The zero-order chi connectivity index (χ0) is 21.1. The first kappa shape index (κ1) is 19.4. The molecular weight excluding hydrogens is 380 g/mol. The van der Waals surface area contributed by atoms with Gasteiger partial charge in [0.2, 0.25) is 6.41 Å². The van der Waals surface area contributed by atoms with Gasteiger partial charge in [0.15, 0.2) is 5.69 Å². The summed E-state index contributed by atoms with van der Waals surface area (Å²) in [4.78, 5) is 30.6. The highest BCUT2D eigenvalue weighted by atomic mass is 16.5. The van der Waals surface area contributed by atoms with Crippen LogP contribution in [0.15, 0.2) is 67.1 Å². The van der Waals surface area contributed by atoms with Gasteiger partial charge in [-0.05, 0) is 31.2 Å². The number of anilines is 2. The van der Waals surface area contributed by atoms with Crippen molar-refractivity contribution in [3.8, 4) is 0 Å². The van der Waals surface area contributed by atoms with Crippen LogP contribution in [-0.2, 0) is 23.1 Å². The molecule has 1 aromatic carbocycles. The van der Waals surface area contributed by atoms with Crippen LogP contribution < -0.4 is 4.90 Å². The van der Waals surface area contributed by atoms with Crippen LogP contribution in [0.3, 0.4) is 0 Å². The van der Waals surface area contributed by atoms with Gasteiger partial charge >= 0.3 is 5.97 Å². The van der Waals surface area contributed by atoms with Crippen molar-refractivity contribution in [1.82, 2.24) is 14.1 Å². The zero-order valence-corrected chi connectivity index (χ0v) is 16.9. The zero-order valence-electron chi connectivity index (χ0n) is 16.9. The van der Waals surface area contributed by atoms with E-state index in [1.54, 1.807) is 37.0 Å².